The van der Waals surface area contributed by atoms with Crippen molar-refractivity contribution in [3.05, 3.63) is 71.2 Å². The van der Waals surface area contributed by atoms with Gasteiger partial charge in [0.05, 0.1) is 0 Å². The maximum atomic E-state index is 10.4. The number of rotatable bonds is 6. The summed E-state index contributed by atoms with van der Waals surface area (Å²) in [7, 11) is 0. The summed E-state index contributed by atoms with van der Waals surface area (Å²) in [4.78, 5) is 4.67. The monoisotopic (exact) mass is 410 g/mol. The molecule has 0 amide bonds. The number of nitrogens with zero attached hydrogens (tertiary/aromatic N) is 2. The molecule has 5 heteroatoms. The van der Waals surface area contributed by atoms with Crippen LogP contribution >= 0.6 is 11.6 Å². The molecule has 0 saturated carbocycles. The molecule has 4 nitrogen and oxygen atoms in total. The van der Waals surface area contributed by atoms with Gasteiger partial charge in [0.2, 0.25) is 0 Å². The van der Waals surface area contributed by atoms with Crippen molar-refractivity contribution in [2.75, 3.05) is 44.2 Å². The maximum Gasteiger partial charge on any atom is 0.120 e. The Kier molecular flexibility index (Phi) is 6.24. The lowest BCUT2D eigenvalue weighted by Gasteiger charge is -2.37. The van der Waals surface area contributed by atoms with Crippen LogP contribution in [-0.4, -0.2) is 55.4 Å². The van der Waals surface area contributed by atoms with E-state index in [9.17, 15) is 5.11 Å². The van der Waals surface area contributed by atoms with E-state index in [1.165, 1.54) is 16.6 Å². The van der Waals surface area contributed by atoms with Crippen LogP contribution in [0.5, 0.6) is 5.75 Å². The van der Waals surface area contributed by atoms with Crippen LogP contribution in [-0.2, 0) is 0 Å². The van der Waals surface area contributed by atoms with Gasteiger partial charge in [0.25, 0.3) is 0 Å². The molecule has 152 valence electrons. The zero-order valence-electron chi connectivity index (χ0n) is 16.7. The maximum absolute atomic E-state index is 10.4. The number of fused-ring (bicyclic) bond motifs is 1. The number of ether oxygens (including phenoxy) is 1. The second-order valence-corrected chi connectivity index (χ2v) is 8.13. The Hall–Kier alpha value is -2.27. The molecule has 3 aromatic carbocycles. The predicted molar refractivity (Wildman–Crippen MR) is 120 cm³/mol. The average Bonchev–Trinajstić information content (AvgIpc) is 2.74. The van der Waals surface area contributed by atoms with Crippen molar-refractivity contribution in [1.29, 1.82) is 0 Å². The van der Waals surface area contributed by atoms with Crippen LogP contribution in [0.15, 0.2) is 60.7 Å². The fraction of sp³-hybridized carbons (Fsp3) is 0.333. The third-order valence-electron chi connectivity index (χ3n) is 5.52. The molecule has 0 spiro atoms. The molecule has 0 unspecified atom stereocenters. The van der Waals surface area contributed by atoms with E-state index in [4.69, 9.17) is 16.3 Å². The summed E-state index contributed by atoms with van der Waals surface area (Å²) in [6.45, 7) is 6.73. The minimum absolute atomic E-state index is 0.298. The van der Waals surface area contributed by atoms with Crippen LogP contribution in [0.1, 0.15) is 5.56 Å². The number of piperazine rings is 1. The number of β-amino-alcohol motifs (C(OH)–C–C–N with tert-alkyl or cyclic N) is 1. The third kappa shape index (κ3) is 5.02. The van der Waals surface area contributed by atoms with Crippen molar-refractivity contribution in [2.24, 2.45) is 0 Å². The Morgan fingerprint density at radius 3 is 2.52 bits per heavy atom. The molecule has 1 aliphatic heterocycles. The predicted octanol–water partition coefficient (Wildman–Crippen LogP) is 4.36. The van der Waals surface area contributed by atoms with E-state index >= 15 is 0 Å². The van der Waals surface area contributed by atoms with Crippen molar-refractivity contribution in [1.82, 2.24) is 4.90 Å². The van der Waals surface area contributed by atoms with Gasteiger partial charge in [-0.15, -0.1) is 0 Å². The molecule has 29 heavy (non-hydrogen) atoms. The van der Waals surface area contributed by atoms with Crippen molar-refractivity contribution >= 4 is 28.1 Å². The zero-order chi connectivity index (χ0) is 20.2. The lowest BCUT2D eigenvalue weighted by atomic mass is 10.1. The van der Waals surface area contributed by atoms with Gasteiger partial charge in [-0.25, -0.2) is 0 Å². The zero-order valence-corrected chi connectivity index (χ0v) is 17.5. The number of benzene rings is 3. The number of hydrogen-bond acceptors (Lipinski definition) is 4. The summed E-state index contributed by atoms with van der Waals surface area (Å²) >= 11 is 6.17. The normalized spacial score (nSPS) is 16.2. The Bertz CT molecular complexity index is 970. The molecule has 1 aliphatic rings. The fourth-order valence-electron chi connectivity index (χ4n) is 3.89. The molecule has 1 atom stereocenters. The molecule has 0 aromatic heterocycles. The molecule has 1 N–H and O–H groups in total. The Balaban J connectivity index is 1.26. The Morgan fingerprint density at radius 1 is 0.966 bits per heavy atom. The van der Waals surface area contributed by atoms with E-state index in [1.807, 2.05) is 42.5 Å². The van der Waals surface area contributed by atoms with Crippen molar-refractivity contribution in [3.8, 4) is 5.75 Å². The molecule has 1 heterocycles. The number of aryl methyl sites for hydroxylation is 1. The van der Waals surface area contributed by atoms with Gasteiger partial charge in [0.1, 0.15) is 18.5 Å². The third-order valence-corrected chi connectivity index (χ3v) is 5.75. The van der Waals surface area contributed by atoms with Crippen LogP contribution < -0.4 is 9.64 Å². The van der Waals surface area contributed by atoms with Crippen molar-refractivity contribution in [3.63, 3.8) is 0 Å². The van der Waals surface area contributed by atoms with Gasteiger partial charge in [-0.1, -0.05) is 48.0 Å². The van der Waals surface area contributed by atoms with Gasteiger partial charge >= 0.3 is 0 Å². The largest absolute Gasteiger partial charge is 0.491 e. The highest BCUT2D eigenvalue weighted by Gasteiger charge is 2.21. The van der Waals surface area contributed by atoms with Gasteiger partial charge in [0.15, 0.2) is 0 Å². The first kappa shape index (κ1) is 20.0. The highest BCUT2D eigenvalue weighted by Crippen LogP contribution is 2.25. The Labute approximate surface area is 177 Å². The Morgan fingerprint density at radius 2 is 1.72 bits per heavy atom. The van der Waals surface area contributed by atoms with Crippen LogP contribution in [0.3, 0.4) is 0 Å². The summed E-state index contributed by atoms with van der Waals surface area (Å²) in [6.07, 6.45) is -0.513. The number of aliphatic hydroxyl groups excluding tert-OH is 1. The number of halogens is 1. The average molecular weight is 411 g/mol. The van der Waals surface area contributed by atoms with Crippen LogP contribution in [0, 0.1) is 6.92 Å². The fourth-order valence-corrected chi connectivity index (χ4v) is 4.06. The summed E-state index contributed by atoms with van der Waals surface area (Å²) < 4.78 is 5.84. The van der Waals surface area contributed by atoms with Gasteiger partial charge in [0, 0.05) is 43.4 Å². The molecule has 1 fully saturated rings. The van der Waals surface area contributed by atoms with Gasteiger partial charge in [-0.2, -0.15) is 0 Å². The van der Waals surface area contributed by atoms with E-state index in [0.29, 0.717) is 13.2 Å². The standard InChI is InChI=1S/C24H27ClN2O2/c1-18-6-8-21(25)15-24(18)27-12-10-26(11-13-27)16-22(28)17-29-23-9-7-19-4-2-3-5-20(19)14-23/h2-9,14-15,22,28H,10-13,16-17H2,1H3/t22-/m0/s1. The molecular formula is C24H27ClN2O2. The van der Waals surface area contributed by atoms with E-state index in [1.54, 1.807) is 0 Å². The number of aliphatic hydroxyl groups is 1. The first-order valence-electron chi connectivity index (χ1n) is 10.1. The SMILES string of the molecule is Cc1ccc(Cl)cc1N1CCN(C[C@H](O)COc2ccc3ccccc3c2)CC1. The van der Waals surface area contributed by atoms with E-state index in [0.717, 1.165) is 42.3 Å². The second-order valence-electron chi connectivity index (χ2n) is 7.69. The van der Waals surface area contributed by atoms with Gasteiger partial charge in [-0.05, 0) is 47.5 Å². The first-order valence-corrected chi connectivity index (χ1v) is 10.5. The molecule has 1 saturated heterocycles. The first-order chi connectivity index (χ1) is 14.1. The highest BCUT2D eigenvalue weighted by molar-refractivity contribution is 6.30. The van der Waals surface area contributed by atoms with Crippen molar-refractivity contribution < 1.29 is 9.84 Å². The molecule has 0 bridgehead atoms. The van der Waals surface area contributed by atoms with Crippen LogP contribution in [0.4, 0.5) is 5.69 Å². The highest BCUT2D eigenvalue weighted by atomic mass is 35.5. The molecule has 0 aliphatic carbocycles. The number of hydrogen-bond donors (Lipinski definition) is 1. The van der Waals surface area contributed by atoms with Gasteiger partial charge in [-0.3, -0.25) is 4.90 Å². The molecule has 4 rings (SSSR count). The quantitative estimate of drug-likeness (QED) is 0.654. The summed E-state index contributed by atoms with van der Waals surface area (Å²) in [5, 5.41) is 13.5. The van der Waals surface area contributed by atoms with Crippen molar-refractivity contribution in [2.45, 2.75) is 13.0 Å². The minimum atomic E-state index is -0.513. The minimum Gasteiger partial charge on any atom is -0.491 e. The summed E-state index contributed by atoms with van der Waals surface area (Å²) in [5.41, 5.74) is 2.45. The molecule has 3 aromatic rings. The van der Waals surface area contributed by atoms with Crippen LogP contribution in [0.2, 0.25) is 5.02 Å². The topological polar surface area (TPSA) is 35.9 Å². The van der Waals surface area contributed by atoms with E-state index in [-0.39, 0.29) is 0 Å². The lowest BCUT2D eigenvalue weighted by Crippen LogP contribution is -2.49. The summed E-state index contributed by atoms with van der Waals surface area (Å²) in [5.74, 6) is 0.795. The smallest absolute Gasteiger partial charge is 0.120 e. The van der Waals surface area contributed by atoms with Gasteiger partial charge < -0.3 is 14.7 Å². The second kappa shape index (κ2) is 9.04. The van der Waals surface area contributed by atoms with Crippen LogP contribution in [0.25, 0.3) is 10.8 Å². The molecular weight excluding hydrogens is 384 g/mol. The van der Waals surface area contributed by atoms with E-state index < -0.39 is 6.10 Å². The lowest BCUT2D eigenvalue weighted by molar-refractivity contribution is 0.0663. The summed E-state index contributed by atoms with van der Waals surface area (Å²) in [6, 6.07) is 20.3. The number of anilines is 1. The van der Waals surface area contributed by atoms with E-state index in [2.05, 4.69) is 34.9 Å². The molecule has 0 radical (unpaired) electrons.